The molecule has 0 saturated carbocycles. The largest absolute Gasteiger partial charge is 0.466 e. The lowest BCUT2D eigenvalue weighted by Gasteiger charge is -2.12. The van der Waals surface area contributed by atoms with Crippen molar-refractivity contribution in [2.45, 2.75) is 20.3 Å². The molecule has 108 valence electrons. The fourth-order valence-corrected chi connectivity index (χ4v) is 1.87. The molecule has 0 radical (unpaired) electrons. The fraction of sp³-hybridized carbons (Fsp3) is 0.357. The van der Waals surface area contributed by atoms with E-state index in [2.05, 4.69) is 5.32 Å². The van der Waals surface area contributed by atoms with Crippen molar-refractivity contribution in [3.05, 3.63) is 28.8 Å². The number of rotatable bonds is 7. The Morgan fingerprint density at radius 1 is 1.45 bits per heavy atom. The maximum Gasteiger partial charge on any atom is 0.309 e. The molecular weight excluding hydrogens is 282 g/mol. The van der Waals surface area contributed by atoms with E-state index < -0.39 is 11.9 Å². The number of halogens is 1. The van der Waals surface area contributed by atoms with E-state index in [0.29, 0.717) is 22.7 Å². The second-order valence-corrected chi connectivity index (χ2v) is 4.67. The molecule has 0 aliphatic rings. The third-order valence-corrected chi connectivity index (χ3v) is 2.91. The van der Waals surface area contributed by atoms with Gasteiger partial charge in [-0.3, -0.25) is 14.4 Å². The fourth-order valence-electron chi connectivity index (χ4n) is 1.70. The van der Waals surface area contributed by atoms with E-state index in [4.69, 9.17) is 16.3 Å². The number of nitrogens with one attached hydrogen (secondary N) is 1. The molecule has 0 spiro atoms. The van der Waals surface area contributed by atoms with Crippen LogP contribution in [0.3, 0.4) is 0 Å². The number of amides is 1. The van der Waals surface area contributed by atoms with Crippen LogP contribution in [0.4, 0.5) is 5.69 Å². The van der Waals surface area contributed by atoms with Crippen LogP contribution in [0.15, 0.2) is 18.2 Å². The Balaban J connectivity index is 2.86. The van der Waals surface area contributed by atoms with E-state index in [9.17, 15) is 14.4 Å². The lowest BCUT2D eigenvalue weighted by molar-refractivity contribution is -0.147. The van der Waals surface area contributed by atoms with Gasteiger partial charge in [-0.1, -0.05) is 18.5 Å². The smallest absolute Gasteiger partial charge is 0.309 e. The summed E-state index contributed by atoms with van der Waals surface area (Å²) in [6.45, 7) is 3.60. The van der Waals surface area contributed by atoms with Crippen LogP contribution < -0.4 is 5.32 Å². The van der Waals surface area contributed by atoms with Crippen molar-refractivity contribution < 1.29 is 19.1 Å². The molecule has 1 aromatic carbocycles. The number of benzene rings is 1. The van der Waals surface area contributed by atoms with Crippen LogP contribution in [0.5, 0.6) is 0 Å². The first-order chi connectivity index (χ1) is 9.49. The molecule has 0 fully saturated rings. The molecule has 0 aliphatic carbocycles. The SMILES string of the molecule is CCOC(=O)[C@@H](C)CC(=O)c1ccc(Cl)cc1NC=O. The van der Waals surface area contributed by atoms with Crippen molar-refractivity contribution in [1.82, 2.24) is 0 Å². The summed E-state index contributed by atoms with van der Waals surface area (Å²) in [6.07, 6.45) is 0.477. The topological polar surface area (TPSA) is 72.5 Å². The van der Waals surface area contributed by atoms with Gasteiger partial charge in [0.2, 0.25) is 6.41 Å². The Kier molecular flexibility index (Phi) is 6.18. The minimum absolute atomic E-state index is 0.00794. The van der Waals surface area contributed by atoms with Crippen molar-refractivity contribution >= 4 is 35.5 Å². The van der Waals surface area contributed by atoms with Crippen LogP contribution in [0.1, 0.15) is 30.6 Å². The standard InChI is InChI=1S/C14H16ClNO4/c1-3-20-14(19)9(2)6-13(18)11-5-4-10(15)7-12(11)16-8-17/h4-5,7-9H,3,6H2,1-2H3,(H,16,17)/t9-/m0/s1. The lowest BCUT2D eigenvalue weighted by atomic mass is 9.98. The van der Waals surface area contributed by atoms with Crippen molar-refractivity contribution in [1.29, 1.82) is 0 Å². The quantitative estimate of drug-likeness (QED) is 0.477. The Morgan fingerprint density at radius 3 is 2.75 bits per heavy atom. The number of anilines is 1. The molecule has 0 unspecified atom stereocenters. The Labute approximate surface area is 122 Å². The molecule has 0 bridgehead atoms. The highest BCUT2D eigenvalue weighted by Crippen LogP contribution is 2.23. The molecule has 1 N–H and O–H groups in total. The number of carbonyl (C=O) groups excluding carboxylic acids is 3. The first kappa shape index (κ1) is 16.2. The maximum atomic E-state index is 12.2. The third kappa shape index (κ3) is 4.35. The summed E-state index contributed by atoms with van der Waals surface area (Å²) in [7, 11) is 0. The Hall–Kier alpha value is -1.88. The van der Waals surface area contributed by atoms with E-state index in [1.807, 2.05) is 0 Å². The summed E-state index contributed by atoms with van der Waals surface area (Å²) < 4.78 is 4.85. The van der Waals surface area contributed by atoms with Gasteiger partial charge in [-0.15, -0.1) is 0 Å². The number of ketones is 1. The molecule has 1 amide bonds. The molecule has 6 heteroatoms. The van der Waals surface area contributed by atoms with Crippen molar-refractivity contribution in [3.8, 4) is 0 Å². The zero-order valence-corrected chi connectivity index (χ0v) is 12.1. The highest BCUT2D eigenvalue weighted by molar-refractivity contribution is 6.31. The van der Waals surface area contributed by atoms with Gasteiger partial charge in [-0.05, 0) is 25.1 Å². The van der Waals surface area contributed by atoms with Gasteiger partial charge < -0.3 is 10.1 Å². The third-order valence-electron chi connectivity index (χ3n) is 2.68. The Bertz CT molecular complexity index is 516. The van der Waals surface area contributed by atoms with Gasteiger partial charge in [0.1, 0.15) is 0 Å². The van der Waals surface area contributed by atoms with Gasteiger partial charge in [-0.25, -0.2) is 0 Å². The highest BCUT2D eigenvalue weighted by atomic mass is 35.5. The second-order valence-electron chi connectivity index (χ2n) is 4.23. The number of ether oxygens (including phenoxy) is 1. The summed E-state index contributed by atoms with van der Waals surface area (Å²) in [5.41, 5.74) is 0.645. The average molecular weight is 298 g/mol. The van der Waals surface area contributed by atoms with E-state index in [0.717, 1.165) is 0 Å². The molecular formula is C14H16ClNO4. The van der Waals surface area contributed by atoms with Crippen LogP contribution in [0.25, 0.3) is 0 Å². The Morgan fingerprint density at radius 2 is 2.15 bits per heavy atom. The van der Waals surface area contributed by atoms with Gasteiger partial charge >= 0.3 is 5.97 Å². The number of hydrogen-bond donors (Lipinski definition) is 1. The number of esters is 1. The van der Waals surface area contributed by atoms with Gasteiger partial charge in [-0.2, -0.15) is 0 Å². The van der Waals surface area contributed by atoms with E-state index in [-0.39, 0.29) is 18.8 Å². The predicted molar refractivity (Wildman–Crippen MR) is 75.9 cm³/mol. The number of carbonyl (C=O) groups is 3. The molecule has 0 saturated heterocycles. The monoisotopic (exact) mass is 297 g/mol. The van der Waals surface area contributed by atoms with Crippen LogP contribution in [0, 0.1) is 5.92 Å². The molecule has 0 aliphatic heterocycles. The molecule has 0 heterocycles. The maximum absolute atomic E-state index is 12.2. The van der Waals surface area contributed by atoms with Gasteiger partial charge in [0, 0.05) is 17.0 Å². The average Bonchev–Trinajstić information content (AvgIpc) is 2.39. The number of Topliss-reactive ketones (excluding diaryl/α,β-unsaturated/α-hetero) is 1. The van der Waals surface area contributed by atoms with Crippen molar-refractivity contribution in [2.24, 2.45) is 5.92 Å². The summed E-state index contributed by atoms with van der Waals surface area (Å²) in [5.74, 6) is -1.21. The van der Waals surface area contributed by atoms with Crippen LogP contribution in [-0.4, -0.2) is 24.8 Å². The molecule has 1 atom stereocenters. The first-order valence-corrected chi connectivity index (χ1v) is 6.57. The molecule has 1 rings (SSSR count). The number of hydrogen-bond acceptors (Lipinski definition) is 4. The summed E-state index contributed by atoms with van der Waals surface area (Å²) >= 11 is 5.81. The van der Waals surface area contributed by atoms with Gasteiger partial charge in [0.05, 0.1) is 18.2 Å². The van der Waals surface area contributed by atoms with E-state index in [1.165, 1.54) is 12.1 Å². The molecule has 5 nitrogen and oxygen atoms in total. The van der Waals surface area contributed by atoms with Crippen LogP contribution in [0.2, 0.25) is 5.02 Å². The van der Waals surface area contributed by atoms with Crippen LogP contribution in [-0.2, 0) is 14.3 Å². The van der Waals surface area contributed by atoms with Gasteiger partial charge in [0.15, 0.2) is 5.78 Å². The van der Waals surface area contributed by atoms with E-state index >= 15 is 0 Å². The van der Waals surface area contributed by atoms with Crippen molar-refractivity contribution in [2.75, 3.05) is 11.9 Å². The van der Waals surface area contributed by atoms with E-state index in [1.54, 1.807) is 19.9 Å². The molecule has 0 aromatic heterocycles. The van der Waals surface area contributed by atoms with Gasteiger partial charge in [0.25, 0.3) is 0 Å². The van der Waals surface area contributed by atoms with Crippen molar-refractivity contribution in [3.63, 3.8) is 0 Å². The summed E-state index contributed by atoms with van der Waals surface area (Å²) in [5, 5.41) is 2.83. The summed E-state index contributed by atoms with van der Waals surface area (Å²) in [4.78, 5) is 34.2. The zero-order chi connectivity index (χ0) is 15.1. The second kappa shape index (κ2) is 7.65. The predicted octanol–water partition coefficient (Wildman–Crippen LogP) is 2.68. The highest BCUT2D eigenvalue weighted by Gasteiger charge is 2.20. The lowest BCUT2D eigenvalue weighted by Crippen LogP contribution is -2.19. The normalized spacial score (nSPS) is 11.6. The molecule has 20 heavy (non-hydrogen) atoms. The molecule has 1 aromatic rings. The minimum atomic E-state index is -0.540. The zero-order valence-electron chi connectivity index (χ0n) is 11.3. The minimum Gasteiger partial charge on any atom is -0.466 e. The van der Waals surface area contributed by atoms with Crippen LogP contribution >= 0.6 is 11.6 Å². The summed E-state index contributed by atoms with van der Waals surface area (Å²) in [6, 6.07) is 4.56. The first-order valence-electron chi connectivity index (χ1n) is 6.19.